The zero-order chi connectivity index (χ0) is 12.5. The van der Waals surface area contributed by atoms with Crippen LogP contribution < -0.4 is 16.7 Å². The van der Waals surface area contributed by atoms with E-state index in [1.165, 1.54) is 6.42 Å². The molecule has 0 radical (unpaired) electrons. The van der Waals surface area contributed by atoms with Crippen molar-refractivity contribution in [2.45, 2.75) is 18.9 Å². The lowest BCUT2D eigenvalue weighted by Crippen LogP contribution is -2.36. The normalized spacial score (nSPS) is 22.2. The van der Waals surface area contributed by atoms with Gasteiger partial charge in [0.05, 0.1) is 11.0 Å². The number of H-pyrrole nitrogens is 2. The van der Waals surface area contributed by atoms with Crippen LogP contribution in [0.25, 0.3) is 11.0 Å². The van der Waals surface area contributed by atoms with E-state index >= 15 is 0 Å². The molecule has 0 amide bonds. The largest absolute Gasteiger partial charge is 0.324 e. The lowest BCUT2D eigenvalue weighted by atomic mass is 9.88. The molecule has 5 heteroatoms. The van der Waals surface area contributed by atoms with Gasteiger partial charge < -0.3 is 21.0 Å². The minimum atomic E-state index is -0.171. The molecule has 1 aromatic carbocycles. The third kappa shape index (κ3) is 2.07. The fourth-order valence-electron chi connectivity index (χ4n) is 2.71. The highest BCUT2D eigenvalue weighted by molar-refractivity contribution is 5.75. The van der Waals surface area contributed by atoms with Gasteiger partial charge in [-0.3, -0.25) is 0 Å². The highest BCUT2D eigenvalue weighted by atomic mass is 16.1. The lowest BCUT2D eigenvalue weighted by molar-refractivity contribution is 0.326. The van der Waals surface area contributed by atoms with E-state index in [1.54, 1.807) is 0 Å². The number of benzene rings is 1. The van der Waals surface area contributed by atoms with E-state index in [-0.39, 0.29) is 11.7 Å². The molecule has 2 aromatic rings. The zero-order valence-electron chi connectivity index (χ0n) is 10.2. The Kier molecular flexibility index (Phi) is 2.93. The second kappa shape index (κ2) is 4.59. The standard InChI is InChI=1S/C13H18N4O/c14-12(9-2-1-5-15-7-9)8-3-4-10-11(6-8)17-13(18)16-10/h3-4,6,9,12,15H,1-2,5,7,14H2,(H2,16,17,18). The zero-order valence-corrected chi connectivity index (χ0v) is 10.2. The maximum absolute atomic E-state index is 11.2. The molecule has 2 atom stereocenters. The van der Waals surface area contributed by atoms with Gasteiger partial charge in [0.15, 0.2) is 0 Å². The van der Waals surface area contributed by atoms with Gasteiger partial charge in [0.25, 0.3) is 0 Å². The molecule has 1 aliphatic rings. The fraction of sp³-hybridized carbons (Fsp3) is 0.462. The van der Waals surface area contributed by atoms with Crippen molar-refractivity contribution >= 4 is 11.0 Å². The molecule has 2 heterocycles. The molecule has 18 heavy (non-hydrogen) atoms. The highest BCUT2D eigenvalue weighted by Gasteiger charge is 2.21. The summed E-state index contributed by atoms with van der Waals surface area (Å²) in [4.78, 5) is 16.7. The lowest BCUT2D eigenvalue weighted by Gasteiger charge is -2.28. The SMILES string of the molecule is NC(c1ccc2[nH]c(=O)[nH]c2c1)C1CCCNC1. The van der Waals surface area contributed by atoms with Crippen LogP contribution in [0, 0.1) is 5.92 Å². The Morgan fingerprint density at radius 2 is 2.11 bits per heavy atom. The van der Waals surface area contributed by atoms with E-state index in [2.05, 4.69) is 15.3 Å². The molecule has 3 rings (SSSR count). The van der Waals surface area contributed by atoms with Gasteiger partial charge in [-0.15, -0.1) is 0 Å². The van der Waals surface area contributed by atoms with Crippen molar-refractivity contribution in [3.8, 4) is 0 Å². The third-order valence-electron chi connectivity index (χ3n) is 3.77. The van der Waals surface area contributed by atoms with Crippen LogP contribution in [-0.4, -0.2) is 23.1 Å². The summed E-state index contributed by atoms with van der Waals surface area (Å²) >= 11 is 0. The molecule has 0 spiro atoms. The topological polar surface area (TPSA) is 86.7 Å². The number of rotatable bonds is 2. The number of fused-ring (bicyclic) bond motifs is 1. The van der Waals surface area contributed by atoms with Gasteiger partial charge in [0, 0.05) is 6.04 Å². The van der Waals surface area contributed by atoms with E-state index in [0.29, 0.717) is 5.92 Å². The van der Waals surface area contributed by atoms with Gasteiger partial charge in [-0.1, -0.05) is 6.07 Å². The summed E-state index contributed by atoms with van der Waals surface area (Å²) < 4.78 is 0. The van der Waals surface area contributed by atoms with Crippen molar-refractivity contribution in [1.29, 1.82) is 0 Å². The van der Waals surface area contributed by atoms with Gasteiger partial charge in [-0.05, 0) is 49.5 Å². The van der Waals surface area contributed by atoms with Gasteiger partial charge in [0.1, 0.15) is 0 Å². The molecule has 5 nitrogen and oxygen atoms in total. The predicted molar refractivity (Wildman–Crippen MR) is 71.4 cm³/mol. The van der Waals surface area contributed by atoms with E-state index in [1.807, 2.05) is 18.2 Å². The maximum atomic E-state index is 11.2. The first-order chi connectivity index (χ1) is 8.74. The molecule has 1 aromatic heterocycles. The molecule has 1 aliphatic heterocycles. The average Bonchev–Trinajstić information content (AvgIpc) is 2.78. The minimum Gasteiger partial charge on any atom is -0.324 e. The van der Waals surface area contributed by atoms with Crippen LogP contribution in [0.4, 0.5) is 0 Å². The van der Waals surface area contributed by atoms with E-state index in [9.17, 15) is 4.79 Å². The first-order valence-corrected chi connectivity index (χ1v) is 6.42. The van der Waals surface area contributed by atoms with E-state index in [0.717, 1.165) is 36.1 Å². The van der Waals surface area contributed by atoms with E-state index < -0.39 is 0 Å². The third-order valence-corrected chi connectivity index (χ3v) is 3.77. The molecular weight excluding hydrogens is 228 g/mol. The molecule has 0 saturated carbocycles. The van der Waals surface area contributed by atoms with Crippen molar-refractivity contribution in [2.75, 3.05) is 13.1 Å². The number of hydrogen-bond donors (Lipinski definition) is 4. The Labute approximate surface area is 105 Å². The Morgan fingerprint density at radius 3 is 2.89 bits per heavy atom. The predicted octanol–water partition coefficient (Wildman–Crippen LogP) is 0.856. The Balaban J connectivity index is 1.90. The summed E-state index contributed by atoms with van der Waals surface area (Å²) in [6, 6.07) is 5.93. The van der Waals surface area contributed by atoms with E-state index in [4.69, 9.17) is 5.73 Å². The smallest absolute Gasteiger partial charge is 0.323 e. The van der Waals surface area contributed by atoms with Gasteiger partial charge in [-0.25, -0.2) is 4.79 Å². The average molecular weight is 246 g/mol. The molecule has 5 N–H and O–H groups in total. The van der Waals surface area contributed by atoms with Crippen LogP contribution >= 0.6 is 0 Å². The van der Waals surface area contributed by atoms with Gasteiger partial charge in [0.2, 0.25) is 0 Å². The van der Waals surface area contributed by atoms with Crippen LogP contribution in [0.2, 0.25) is 0 Å². The summed E-state index contributed by atoms with van der Waals surface area (Å²) in [5.41, 5.74) is 8.90. The molecule has 96 valence electrons. The van der Waals surface area contributed by atoms with Crippen molar-refractivity contribution in [2.24, 2.45) is 11.7 Å². The number of aromatic amines is 2. The first kappa shape index (κ1) is 11.5. The Morgan fingerprint density at radius 1 is 1.28 bits per heavy atom. The molecule has 1 saturated heterocycles. The molecule has 0 bridgehead atoms. The summed E-state index contributed by atoms with van der Waals surface area (Å²) in [5.74, 6) is 0.474. The summed E-state index contributed by atoms with van der Waals surface area (Å²) in [6.07, 6.45) is 2.34. The number of piperidine rings is 1. The Hall–Kier alpha value is -1.59. The second-order valence-electron chi connectivity index (χ2n) is 5.02. The monoisotopic (exact) mass is 246 g/mol. The summed E-state index contributed by atoms with van der Waals surface area (Å²) in [6.45, 7) is 2.07. The second-order valence-corrected chi connectivity index (χ2v) is 5.02. The van der Waals surface area contributed by atoms with Crippen LogP contribution in [0.1, 0.15) is 24.4 Å². The van der Waals surface area contributed by atoms with Gasteiger partial charge in [-0.2, -0.15) is 0 Å². The number of imidazole rings is 1. The van der Waals surface area contributed by atoms with Crippen molar-refractivity contribution < 1.29 is 0 Å². The maximum Gasteiger partial charge on any atom is 0.323 e. The number of nitrogens with one attached hydrogen (secondary N) is 3. The number of nitrogens with two attached hydrogens (primary N) is 1. The van der Waals surface area contributed by atoms with Crippen LogP contribution in [0.3, 0.4) is 0 Å². The summed E-state index contributed by atoms with van der Waals surface area (Å²) in [5, 5.41) is 3.38. The first-order valence-electron chi connectivity index (χ1n) is 6.42. The highest BCUT2D eigenvalue weighted by Crippen LogP contribution is 2.26. The number of hydrogen-bond acceptors (Lipinski definition) is 3. The van der Waals surface area contributed by atoms with Gasteiger partial charge >= 0.3 is 5.69 Å². The summed E-state index contributed by atoms with van der Waals surface area (Å²) in [7, 11) is 0. The molecule has 1 fully saturated rings. The Bertz CT molecular complexity index is 594. The minimum absolute atomic E-state index is 0.0283. The fourth-order valence-corrected chi connectivity index (χ4v) is 2.71. The van der Waals surface area contributed by atoms with Crippen LogP contribution in [-0.2, 0) is 0 Å². The van der Waals surface area contributed by atoms with Crippen molar-refractivity contribution in [3.05, 3.63) is 34.2 Å². The van der Waals surface area contributed by atoms with Crippen LogP contribution in [0.15, 0.2) is 23.0 Å². The molecule has 2 unspecified atom stereocenters. The van der Waals surface area contributed by atoms with Crippen molar-refractivity contribution in [1.82, 2.24) is 15.3 Å². The van der Waals surface area contributed by atoms with Crippen LogP contribution in [0.5, 0.6) is 0 Å². The molecule has 0 aliphatic carbocycles. The molecular formula is C13H18N4O. The quantitative estimate of drug-likeness (QED) is 0.633. The number of aromatic nitrogens is 2. The van der Waals surface area contributed by atoms with Crippen molar-refractivity contribution in [3.63, 3.8) is 0 Å².